The summed E-state index contributed by atoms with van der Waals surface area (Å²) in [6.07, 6.45) is 0.465. The first-order valence-electron chi connectivity index (χ1n) is 5.42. The van der Waals surface area contributed by atoms with E-state index < -0.39 is 5.54 Å². The van der Waals surface area contributed by atoms with Crippen molar-refractivity contribution in [3.63, 3.8) is 0 Å². The SMILES string of the molecule is CC(C)(N)Cc1nc(-c2cc(F)ccc2Br)no1. The molecule has 0 amide bonds. The topological polar surface area (TPSA) is 64.9 Å². The zero-order valence-corrected chi connectivity index (χ0v) is 11.7. The summed E-state index contributed by atoms with van der Waals surface area (Å²) >= 11 is 3.32. The van der Waals surface area contributed by atoms with Crippen molar-refractivity contribution in [3.05, 3.63) is 34.4 Å². The molecule has 0 aliphatic rings. The lowest BCUT2D eigenvalue weighted by Gasteiger charge is -2.14. The van der Waals surface area contributed by atoms with E-state index >= 15 is 0 Å². The first-order valence-corrected chi connectivity index (χ1v) is 6.21. The van der Waals surface area contributed by atoms with Crippen LogP contribution in [0, 0.1) is 5.82 Å². The summed E-state index contributed by atoms with van der Waals surface area (Å²) in [7, 11) is 0. The van der Waals surface area contributed by atoms with E-state index in [2.05, 4.69) is 26.1 Å². The van der Waals surface area contributed by atoms with Gasteiger partial charge in [-0.1, -0.05) is 21.1 Å². The van der Waals surface area contributed by atoms with E-state index in [0.29, 0.717) is 28.2 Å². The quantitative estimate of drug-likeness (QED) is 0.946. The van der Waals surface area contributed by atoms with Crippen LogP contribution in [0.4, 0.5) is 4.39 Å². The number of aromatic nitrogens is 2. The van der Waals surface area contributed by atoms with E-state index in [4.69, 9.17) is 10.3 Å². The highest BCUT2D eigenvalue weighted by Gasteiger charge is 2.18. The minimum atomic E-state index is -0.428. The maximum atomic E-state index is 13.2. The third-order valence-electron chi connectivity index (χ3n) is 2.24. The average Bonchev–Trinajstić information content (AvgIpc) is 2.67. The first-order chi connectivity index (χ1) is 8.35. The molecule has 1 aromatic heterocycles. The molecule has 2 aromatic rings. The van der Waals surface area contributed by atoms with Crippen molar-refractivity contribution in [3.8, 4) is 11.4 Å². The molecular formula is C12H13BrFN3O. The van der Waals surface area contributed by atoms with Crippen LogP contribution in [0.25, 0.3) is 11.4 Å². The summed E-state index contributed by atoms with van der Waals surface area (Å²) in [5.74, 6) is 0.438. The molecule has 0 bridgehead atoms. The van der Waals surface area contributed by atoms with Crippen molar-refractivity contribution in [2.45, 2.75) is 25.8 Å². The zero-order valence-electron chi connectivity index (χ0n) is 10.1. The van der Waals surface area contributed by atoms with Gasteiger partial charge in [-0.3, -0.25) is 0 Å². The van der Waals surface area contributed by atoms with Crippen LogP contribution in [0.5, 0.6) is 0 Å². The number of hydrogen-bond acceptors (Lipinski definition) is 4. The summed E-state index contributed by atoms with van der Waals surface area (Å²) in [4.78, 5) is 4.21. The highest BCUT2D eigenvalue weighted by molar-refractivity contribution is 9.10. The van der Waals surface area contributed by atoms with Crippen LogP contribution in [-0.4, -0.2) is 15.7 Å². The molecule has 0 saturated carbocycles. The second-order valence-corrected chi connectivity index (χ2v) is 5.66. The predicted octanol–water partition coefficient (Wildman–Crippen LogP) is 2.92. The van der Waals surface area contributed by atoms with E-state index in [1.165, 1.54) is 12.1 Å². The molecule has 6 heteroatoms. The summed E-state index contributed by atoms with van der Waals surface area (Å²) in [6, 6.07) is 4.32. The van der Waals surface area contributed by atoms with Crippen LogP contribution in [-0.2, 0) is 6.42 Å². The van der Waals surface area contributed by atoms with Crippen LogP contribution in [0.15, 0.2) is 27.2 Å². The molecule has 96 valence electrons. The Bertz CT molecular complexity index is 563. The Labute approximate surface area is 113 Å². The van der Waals surface area contributed by atoms with Gasteiger partial charge < -0.3 is 10.3 Å². The van der Waals surface area contributed by atoms with Crippen molar-refractivity contribution in [2.24, 2.45) is 5.73 Å². The summed E-state index contributed by atoms with van der Waals surface area (Å²) < 4.78 is 19.0. The number of benzene rings is 1. The summed E-state index contributed by atoms with van der Waals surface area (Å²) in [5, 5.41) is 3.83. The van der Waals surface area contributed by atoms with Gasteiger partial charge in [0.25, 0.3) is 0 Å². The Balaban J connectivity index is 2.32. The molecule has 0 aliphatic carbocycles. The maximum Gasteiger partial charge on any atom is 0.228 e. The molecule has 0 saturated heterocycles. The number of rotatable bonds is 3. The van der Waals surface area contributed by atoms with Crippen molar-refractivity contribution in [1.82, 2.24) is 10.1 Å². The molecule has 2 N–H and O–H groups in total. The van der Waals surface area contributed by atoms with E-state index in [1.807, 2.05) is 13.8 Å². The van der Waals surface area contributed by atoms with E-state index in [0.717, 1.165) is 0 Å². The normalized spacial score (nSPS) is 11.8. The molecule has 2 rings (SSSR count). The molecule has 0 radical (unpaired) electrons. The van der Waals surface area contributed by atoms with Gasteiger partial charge in [0.05, 0.1) is 0 Å². The van der Waals surface area contributed by atoms with Gasteiger partial charge in [0.15, 0.2) is 0 Å². The van der Waals surface area contributed by atoms with Gasteiger partial charge in [-0.25, -0.2) is 4.39 Å². The predicted molar refractivity (Wildman–Crippen MR) is 69.4 cm³/mol. The van der Waals surface area contributed by atoms with Gasteiger partial charge in [0, 0.05) is 22.0 Å². The fourth-order valence-electron chi connectivity index (χ4n) is 1.49. The first kappa shape index (κ1) is 13.2. The van der Waals surface area contributed by atoms with Crippen molar-refractivity contribution >= 4 is 15.9 Å². The van der Waals surface area contributed by atoms with Gasteiger partial charge in [-0.15, -0.1) is 0 Å². The molecule has 4 nitrogen and oxygen atoms in total. The minimum Gasteiger partial charge on any atom is -0.339 e. The lowest BCUT2D eigenvalue weighted by atomic mass is 10.0. The molecule has 0 unspecified atom stereocenters. The molecule has 1 aromatic carbocycles. The number of halogens is 2. The van der Waals surface area contributed by atoms with Crippen molar-refractivity contribution < 1.29 is 8.91 Å². The third kappa shape index (κ3) is 3.14. The second-order valence-electron chi connectivity index (χ2n) is 4.80. The third-order valence-corrected chi connectivity index (χ3v) is 2.94. The summed E-state index contributed by atoms with van der Waals surface area (Å²) in [5.41, 5.74) is 6.00. The van der Waals surface area contributed by atoms with Gasteiger partial charge in [0.2, 0.25) is 11.7 Å². The lowest BCUT2D eigenvalue weighted by molar-refractivity contribution is 0.348. The van der Waals surface area contributed by atoms with Gasteiger partial charge in [-0.2, -0.15) is 4.98 Å². The molecule has 1 heterocycles. The Morgan fingerprint density at radius 3 is 2.83 bits per heavy atom. The Kier molecular flexibility index (Phi) is 3.49. The highest BCUT2D eigenvalue weighted by atomic mass is 79.9. The summed E-state index contributed by atoms with van der Waals surface area (Å²) in [6.45, 7) is 3.74. The van der Waals surface area contributed by atoms with E-state index in [-0.39, 0.29) is 5.82 Å². The van der Waals surface area contributed by atoms with Gasteiger partial charge >= 0.3 is 0 Å². The Hall–Kier alpha value is -1.27. The standard InChI is InChI=1S/C12H13BrFN3O/c1-12(2,15)6-10-16-11(17-18-10)8-5-7(14)3-4-9(8)13/h3-5H,6,15H2,1-2H3. The van der Waals surface area contributed by atoms with E-state index in [9.17, 15) is 4.39 Å². The highest BCUT2D eigenvalue weighted by Crippen LogP contribution is 2.27. The molecule has 0 spiro atoms. The monoisotopic (exact) mass is 313 g/mol. The van der Waals surface area contributed by atoms with Crippen LogP contribution >= 0.6 is 15.9 Å². The fourth-order valence-corrected chi connectivity index (χ4v) is 1.92. The number of nitrogens with two attached hydrogens (primary N) is 1. The molecule has 0 atom stereocenters. The Morgan fingerprint density at radius 2 is 2.17 bits per heavy atom. The average molecular weight is 314 g/mol. The van der Waals surface area contributed by atoms with Crippen LogP contribution < -0.4 is 5.73 Å². The van der Waals surface area contributed by atoms with Crippen LogP contribution in [0.3, 0.4) is 0 Å². The van der Waals surface area contributed by atoms with Crippen LogP contribution in [0.1, 0.15) is 19.7 Å². The van der Waals surface area contributed by atoms with E-state index in [1.54, 1.807) is 6.07 Å². The second kappa shape index (κ2) is 4.78. The van der Waals surface area contributed by atoms with Crippen LogP contribution in [0.2, 0.25) is 0 Å². The molecule has 18 heavy (non-hydrogen) atoms. The molecular weight excluding hydrogens is 301 g/mol. The number of nitrogens with zero attached hydrogens (tertiary/aromatic N) is 2. The van der Waals surface area contributed by atoms with Gasteiger partial charge in [0.1, 0.15) is 5.82 Å². The largest absolute Gasteiger partial charge is 0.339 e. The number of hydrogen-bond donors (Lipinski definition) is 1. The maximum absolute atomic E-state index is 13.2. The smallest absolute Gasteiger partial charge is 0.228 e. The zero-order chi connectivity index (χ0) is 13.3. The lowest BCUT2D eigenvalue weighted by Crippen LogP contribution is -2.34. The molecule has 0 aliphatic heterocycles. The van der Waals surface area contributed by atoms with Crippen molar-refractivity contribution in [1.29, 1.82) is 0 Å². The Morgan fingerprint density at radius 1 is 1.44 bits per heavy atom. The fraction of sp³-hybridized carbons (Fsp3) is 0.333. The van der Waals surface area contributed by atoms with Crippen molar-refractivity contribution in [2.75, 3.05) is 0 Å². The van der Waals surface area contributed by atoms with Gasteiger partial charge in [-0.05, 0) is 32.0 Å². The minimum absolute atomic E-state index is 0.348. The molecule has 0 fully saturated rings.